The molecule has 1 aliphatic rings. The number of carbonyl (C=O) groups excluding carboxylic acids is 2. The van der Waals surface area contributed by atoms with Gasteiger partial charge < -0.3 is 28.4 Å². The molecule has 0 N–H and O–H groups in total. The summed E-state index contributed by atoms with van der Waals surface area (Å²) in [7, 11) is 0. The Hall–Kier alpha value is -9.41. The fraction of sp³-hybridized carbons (Fsp3) is 0.123. The lowest BCUT2D eigenvalue weighted by atomic mass is 9.89. The first-order valence-electron chi connectivity index (χ1n) is 24.8. The van der Waals surface area contributed by atoms with Crippen LogP contribution in [-0.4, -0.2) is 17.4 Å². The van der Waals surface area contributed by atoms with E-state index >= 15 is 0 Å². The summed E-state index contributed by atoms with van der Waals surface area (Å²) in [6.45, 7) is 1.65. The van der Waals surface area contributed by atoms with Crippen molar-refractivity contribution in [3.8, 4) is 34.5 Å². The smallest absolute Gasteiger partial charge is 0.264 e. The number of nitrogens with zero attached hydrogens (tertiary/aromatic N) is 2. The van der Waals surface area contributed by atoms with Crippen molar-refractivity contribution in [1.29, 1.82) is 0 Å². The van der Waals surface area contributed by atoms with E-state index in [-0.39, 0.29) is 31.1 Å². The monoisotopic (exact) mass is 990 g/mol. The zero-order valence-electron chi connectivity index (χ0n) is 41.2. The average Bonchev–Trinajstić information content (AvgIpc) is 3.82. The van der Waals surface area contributed by atoms with Crippen LogP contribution in [-0.2, 0) is 55.7 Å². The van der Waals surface area contributed by atoms with Crippen LogP contribution in [0.5, 0.6) is 34.5 Å². The van der Waals surface area contributed by atoms with E-state index in [1.165, 1.54) is 5.01 Å². The predicted octanol–water partition coefficient (Wildman–Crippen LogP) is 13.3. The first-order chi connectivity index (χ1) is 36.9. The van der Waals surface area contributed by atoms with Gasteiger partial charge in [-0.2, -0.15) is 10.1 Å². The highest BCUT2D eigenvalue weighted by atomic mass is 16.5. The minimum atomic E-state index is -1.21. The number of hydrogen-bond acceptors (Lipinski definition) is 9. The summed E-state index contributed by atoms with van der Waals surface area (Å²) in [4.78, 5) is 28.9. The molecule has 10 nitrogen and oxygen atoms in total. The predicted molar refractivity (Wildman–Crippen MR) is 290 cm³/mol. The molecule has 0 fully saturated rings. The third-order valence-corrected chi connectivity index (χ3v) is 12.3. The molecule has 372 valence electrons. The van der Waals surface area contributed by atoms with E-state index in [1.807, 2.05) is 206 Å². The van der Waals surface area contributed by atoms with Crippen molar-refractivity contribution < 1.29 is 38.0 Å². The van der Waals surface area contributed by atoms with E-state index in [2.05, 4.69) is 0 Å². The van der Waals surface area contributed by atoms with Gasteiger partial charge in [-0.1, -0.05) is 170 Å². The molecule has 10 rings (SSSR count). The number of amides is 1. The van der Waals surface area contributed by atoms with E-state index in [1.54, 1.807) is 30.3 Å². The van der Waals surface area contributed by atoms with Gasteiger partial charge in [-0.05, 0) is 87.5 Å². The second-order valence-corrected chi connectivity index (χ2v) is 18.0. The molecule has 0 bridgehead atoms. The van der Waals surface area contributed by atoms with Gasteiger partial charge in [0.15, 0.2) is 5.78 Å². The Bertz CT molecular complexity index is 3060. The average molecular weight is 991 g/mol. The van der Waals surface area contributed by atoms with E-state index < -0.39 is 11.8 Å². The molecule has 9 aromatic rings. The van der Waals surface area contributed by atoms with Gasteiger partial charge in [0.05, 0.1) is 11.4 Å². The first-order valence-corrected chi connectivity index (χ1v) is 24.8. The lowest BCUT2D eigenvalue weighted by Gasteiger charge is -2.17. The highest BCUT2D eigenvalue weighted by Gasteiger charge is 2.42. The van der Waals surface area contributed by atoms with Crippen LogP contribution < -0.4 is 33.4 Å². The quantitative estimate of drug-likeness (QED) is 0.0584. The van der Waals surface area contributed by atoms with Gasteiger partial charge in [0.1, 0.15) is 80.1 Å². The highest BCUT2D eigenvalue weighted by Crippen LogP contribution is 2.34. The van der Waals surface area contributed by atoms with Crippen LogP contribution in [0, 0.1) is 5.92 Å². The Morgan fingerprint density at radius 1 is 0.360 bits per heavy atom. The van der Waals surface area contributed by atoms with Gasteiger partial charge in [0, 0.05) is 30.2 Å². The van der Waals surface area contributed by atoms with Gasteiger partial charge in [-0.25, -0.2) is 0 Å². The molecule has 0 radical (unpaired) electrons. The van der Waals surface area contributed by atoms with Crippen LogP contribution in [0.1, 0.15) is 44.5 Å². The largest absolute Gasteiger partial charge is 0.489 e. The Labute approximate surface area is 437 Å². The molecule has 75 heavy (non-hydrogen) atoms. The van der Waals surface area contributed by atoms with Crippen molar-refractivity contribution in [3.63, 3.8) is 0 Å². The van der Waals surface area contributed by atoms with Crippen LogP contribution in [0.4, 0.5) is 5.69 Å². The van der Waals surface area contributed by atoms with E-state index in [0.29, 0.717) is 72.2 Å². The molecule has 1 aliphatic heterocycles. The van der Waals surface area contributed by atoms with Crippen molar-refractivity contribution in [2.75, 3.05) is 5.01 Å². The molecule has 1 heterocycles. The van der Waals surface area contributed by atoms with Crippen molar-refractivity contribution >= 4 is 23.1 Å². The fourth-order valence-corrected chi connectivity index (χ4v) is 8.57. The summed E-state index contributed by atoms with van der Waals surface area (Å²) in [6.07, 6.45) is 0.0349. The van der Waals surface area contributed by atoms with Crippen molar-refractivity contribution in [3.05, 3.63) is 281 Å². The summed E-state index contributed by atoms with van der Waals surface area (Å²) in [5.41, 5.74) is 7.76. The van der Waals surface area contributed by atoms with Crippen molar-refractivity contribution in [2.45, 2.75) is 46.1 Å². The third-order valence-electron chi connectivity index (χ3n) is 12.3. The van der Waals surface area contributed by atoms with Gasteiger partial charge in [0.25, 0.3) is 5.91 Å². The molecular formula is C65H54N2O8. The second-order valence-electron chi connectivity index (χ2n) is 18.0. The zero-order valence-corrected chi connectivity index (χ0v) is 41.2. The van der Waals surface area contributed by atoms with Gasteiger partial charge >= 0.3 is 0 Å². The minimum absolute atomic E-state index is 0.0349. The topological polar surface area (TPSA) is 105 Å². The number of ether oxygens (including phenoxy) is 6. The van der Waals surface area contributed by atoms with E-state index in [9.17, 15) is 9.59 Å². The normalized spacial score (nSPS) is 12.9. The maximum absolute atomic E-state index is 14.5. The van der Waals surface area contributed by atoms with Crippen LogP contribution in [0.2, 0.25) is 0 Å². The number of anilines is 1. The summed E-state index contributed by atoms with van der Waals surface area (Å²) >= 11 is 0. The molecule has 10 heteroatoms. The summed E-state index contributed by atoms with van der Waals surface area (Å²) in [6, 6.07) is 75.3. The molecular weight excluding hydrogens is 937 g/mol. The SMILES string of the molecule is O=C(Cc1ccccc1)C1C(=O)N(c2ccccc2)N=C1c1cc(OCc2cc(OCc3ccccc3)cc(OCc3ccccc3)c2)cc(OCc2cc(OCc3ccccc3)cc(OCc3ccccc3)c2)c1. The summed E-state index contributed by atoms with van der Waals surface area (Å²) in [5.74, 6) is 1.34. The molecule has 0 saturated carbocycles. The lowest BCUT2D eigenvalue weighted by molar-refractivity contribution is -0.128. The van der Waals surface area contributed by atoms with E-state index in [4.69, 9.17) is 33.5 Å². The number of benzene rings is 9. The number of ketones is 1. The maximum Gasteiger partial charge on any atom is 0.264 e. The van der Waals surface area contributed by atoms with Gasteiger partial charge in [-0.15, -0.1) is 0 Å². The third kappa shape index (κ3) is 13.6. The van der Waals surface area contributed by atoms with E-state index in [0.717, 1.165) is 38.9 Å². The second kappa shape index (κ2) is 24.3. The van der Waals surface area contributed by atoms with Crippen LogP contribution in [0.3, 0.4) is 0 Å². The zero-order chi connectivity index (χ0) is 51.0. The standard InChI is InChI=1S/C65H54N2O8/c68-62(35-47-19-7-1-8-20-47)63-64(66-67(65(63)69)55-29-17-6-18-30-55)54-36-60(74-45-52-31-56(70-41-48-21-9-2-10-22-48)38-57(32-52)71-42-49-23-11-3-12-24-49)40-61(37-54)75-46-53-33-58(72-43-50-25-13-4-14-26-50)39-59(34-53)73-44-51-27-15-5-16-28-51/h1-34,36-40,63H,35,41-46H2. The lowest BCUT2D eigenvalue weighted by Crippen LogP contribution is -2.34. The minimum Gasteiger partial charge on any atom is -0.489 e. The van der Waals surface area contributed by atoms with Crippen molar-refractivity contribution in [1.82, 2.24) is 0 Å². The Morgan fingerprint density at radius 3 is 1.00 bits per heavy atom. The molecule has 1 amide bonds. The number of Topliss-reactive ketones (excluding diaryl/α,β-unsaturated/α-hetero) is 1. The number of rotatable bonds is 23. The number of hydrogen-bond donors (Lipinski definition) is 0. The highest BCUT2D eigenvalue weighted by molar-refractivity contribution is 6.32. The van der Waals surface area contributed by atoms with Gasteiger partial charge in [0.2, 0.25) is 0 Å². The number of hydrazone groups is 1. The fourth-order valence-electron chi connectivity index (χ4n) is 8.57. The molecule has 9 aromatic carbocycles. The molecule has 1 unspecified atom stereocenters. The number of carbonyl (C=O) groups is 2. The molecule has 0 spiro atoms. The number of para-hydroxylation sites is 1. The Morgan fingerprint density at radius 2 is 0.653 bits per heavy atom. The Kier molecular flexibility index (Phi) is 16.0. The molecule has 1 atom stereocenters. The van der Waals surface area contributed by atoms with Crippen LogP contribution >= 0.6 is 0 Å². The molecule has 0 aromatic heterocycles. The maximum atomic E-state index is 14.5. The Balaban J connectivity index is 0.982. The summed E-state index contributed by atoms with van der Waals surface area (Å²) < 4.78 is 38.6. The van der Waals surface area contributed by atoms with Crippen LogP contribution in [0.15, 0.2) is 242 Å². The van der Waals surface area contributed by atoms with Gasteiger partial charge in [-0.3, -0.25) is 9.59 Å². The molecule has 0 saturated heterocycles. The first kappa shape index (κ1) is 49.2. The molecule has 0 aliphatic carbocycles. The summed E-state index contributed by atoms with van der Waals surface area (Å²) in [5, 5.41) is 6.22. The van der Waals surface area contributed by atoms with Crippen LogP contribution in [0.25, 0.3) is 0 Å². The van der Waals surface area contributed by atoms with Crippen molar-refractivity contribution in [2.24, 2.45) is 11.0 Å².